The summed E-state index contributed by atoms with van der Waals surface area (Å²) in [6.07, 6.45) is 3.75. The lowest BCUT2D eigenvalue weighted by molar-refractivity contribution is -0.135. The second-order valence-electron chi connectivity index (χ2n) is 5.91. The molecule has 3 rings (SSSR count). The first-order valence-corrected chi connectivity index (χ1v) is 9.50. The van der Waals surface area contributed by atoms with Crippen LogP contribution in [0.25, 0.3) is 11.1 Å². The van der Waals surface area contributed by atoms with Gasteiger partial charge in [0.05, 0.1) is 18.2 Å². The number of hydrogen-bond donors (Lipinski definition) is 1. The Morgan fingerprint density at radius 1 is 1.11 bits per heavy atom. The van der Waals surface area contributed by atoms with Crippen molar-refractivity contribution in [2.45, 2.75) is 13.3 Å². The van der Waals surface area contributed by atoms with Crippen molar-refractivity contribution in [2.24, 2.45) is 10.2 Å². The Morgan fingerprint density at radius 3 is 2.36 bits per heavy atom. The Labute approximate surface area is 167 Å². The van der Waals surface area contributed by atoms with Crippen molar-refractivity contribution in [3.8, 4) is 11.1 Å². The number of thioether (sulfide) groups is 1. The molecular formula is C21H19N3O3S. The highest BCUT2D eigenvalue weighted by molar-refractivity contribution is 8.18. The first-order valence-electron chi connectivity index (χ1n) is 8.68. The van der Waals surface area contributed by atoms with Gasteiger partial charge >= 0.3 is 5.97 Å². The van der Waals surface area contributed by atoms with E-state index in [0.717, 1.165) is 40.9 Å². The third-order valence-electron chi connectivity index (χ3n) is 4.06. The van der Waals surface area contributed by atoms with E-state index in [-0.39, 0.29) is 4.91 Å². The summed E-state index contributed by atoms with van der Waals surface area (Å²) in [6.45, 7) is 2.14. The average Bonchev–Trinajstić information content (AvgIpc) is 3.07. The highest BCUT2D eigenvalue weighted by atomic mass is 32.2. The molecule has 1 saturated heterocycles. The fourth-order valence-electron chi connectivity index (χ4n) is 2.48. The lowest BCUT2D eigenvalue weighted by Gasteiger charge is -2.03. The Bertz CT molecular complexity index is 961. The normalized spacial score (nSPS) is 16.7. The number of rotatable bonds is 5. The molecule has 2 aromatic rings. The summed E-state index contributed by atoms with van der Waals surface area (Å²) < 4.78 is 4.51. The Hall–Kier alpha value is -3.19. The number of nitrogens with zero attached hydrogens (tertiary/aromatic N) is 2. The summed E-state index contributed by atoms with van der Waals surface area (Å²) in [5, 5.41) is 10.8. The number of carbonyl (C=O) groups excluding carboxylic acids is 2. The first-order chi connectivity index (χ1) is 13.6. The van der Waals surface area contributed by atoms with Gasteiger partial charge in [-0.05, 0) is 40.4 Å². The predicted octanol–water partition coefficient (Wildman–Crippen LogP) is 3.53. The molecule has 0 aromatic heterocycles. The zero-order valence-electron chi connectivity index (χ0n) is 15.5. The largest absolute Gasteiger partial charge is 0.466 e. The molecule has 1 fully saturated rings. The monoisotopic (exact) mass is 393 g/mol. The van der Waals surface area contributed by atoms with Crippen LogP contribution < -0.4 is 5.32 Å². The molecule has 0 saturated carbocycles. The van der Waals surface area contributed by atoms with Gasteiger partial charge in [-0.25, -0.2) is 4.79 Å². The molecule has 1 heterocycles. The number of esters is 1. The van der Waals surface area contributed by atoms with Crippen molar-refractivity contribution in [1.29, 1.82) is 0 Å². The maximum absolute atomic E-state index is 11.7. The number of hydrogen-bond acceptors (Lipinski definition) is 6. The Balaban J connectivity index is 1.65. The van der Waals surface area contributed by atoms with E-state index >= 15 is 0 Å². The molecule has 1 amide bonds. The molecule has 7 heteroatoms. The zero-order chi connectivity index (χ0) is 19.9. The number of amides is 1. The van der Waals surface area contributed by atoms with Gasteiger partial charge in [0.25, 0.3) is 5.91 Å². The molecule has 0 unspecified atom stereocenters. The fraction of sp³-hybridized carbons (Fsp3) is 0.143. The van der Waals surface area contributed by atoms with Gasteiger partial charge in [-0.1, -0.05) is 55.5 Å². The molecule has 2 aromatic carbocycles. The molecule has 28 heavy (non-hydrogen) atoms. The van der Waals surface area contributed by atoms with Crippen LogP contribution in [0.4, 0.5) is 0 Å². The summed E-state index contributed by atoms with van der Waals surface area (Å²) in [5.41, 5.74) is 4.49. The molecule has 0 aliphatic carbocycles. The number of ether oxygens (including phenoxy) is 1. The van der Waals surface area contributed by atoms with Crippen LogP contribution in [0.15, 0.2) is 69.7 Å². The van der Waals surface area contributed by atoms with E-state index in [1.165, 1.54) is 12.7 Å². The van der Waals surface area contributed by atoms with E-state index in [4.69, 9.17) is 0 Å². The van der Waals surface area contributed by atoms with Crippen molar-refractivity contribution in [2.75, 3.05) is 7.11 Å². The summed E-state index contributed by atoms with van der Waals surface area (Å²) in [5.74, 6) is -0.991. The lowest BCUT2D eigenvalue weighted by atomic mass is 10.0. The summed E-state index contributed by atoms with van der Waals surface area (Å²) in [7, 11) is 1.25. The molecule has 0 atom stereocenters. The van der Waals surface area contributed by atoms with Gasteiger partial charge in [-0.2, -0.15) is 5.10 Å². The third-order valence-corrected chi connectivity index (χ3v) is 4.96. The molecule has 0 bridgehead atoms. The van der Waals surface area contributed by atoms with Gasteiger partial charge in [-0.15, -0.1) is 5.10 Å². The highest BCUT2D eigenvalue weighted by Gasteiger charge is 2.24. The van der Waals surface area contributed by atoms with Gasteiger partial charge in [-0.3, -0.25) is 10.1 Å². The minimum absolute atomic E-state index is 0.222. The van der Waals surface area contributed by atoms with Crippen molar-refractivity contribution in [3.05, 3.63) is 70.6 Å². The van der Waals surface area contributed by atoms with Crippen LogP contribution in [0.3, 0.4) is 0 Å². The molecular weight excluding hydrogens is 374 g/mol. The van der Waals surface area contributed by atoms with Gasteiger partial charge in [0, 0.05) is 6.08 Å². The van der Waals surface area contributed by atoms with Crippen LogP contribution in [0, 0.1) is 0 Å². The summed E-state index contributed by atoms with van der Waals surface area (Å²) in [6, 6.07) is 16.5. The molecule has 1 N–H and O–H groups in total. The van der Waals surface area contributed by atoms with Crippen LogP contribution in [-0.4, -0.2) is 30.4 Å². The standard InChI is InChI=1S/C21H19N3O3S/c1-3-14-4-8-16(9-5-14)17-10-6-15(7-11-17)13-22-24-21-23-20(26)18(28-21)12-19(25)27-2/h4-13H,3H2,1-2H3,(H,23,24,26)/b18-12+,22-13?. The van der Waals surface area contributed by atoms with E-state index < -0.39 is 11.9 Å². The Kier molecular flexibility index (Phi) is 6.39. The van der Waals surface area contributed by atoms with Gasteiger partial charge in [0.1, 0.15) is 0 Å². The minimum atomic E-state index is -0.591. The number of benzene rings is 2. The maximum atomic E-state index is 11.7. The van der Waals surface area contributed by atoms with Crippen molar-refractivity contribution in [1.82, 2.24) is 5.32 Å². The van der Waals surface area contributed by atoms with E-state index in [1.54, 1.807) is 6.21 Å². The van der Waals surface area contributed by atoms with E-state index in [9.17, 15) is 9.59 Å². The third kappa shape index (κ3) is 4.95. The minimum Gasteiger partial charge on any atom is -0.466 e. The highest BCUT2D eigenvalue weighted by Crippen LogP contribution is 2.23. The van der Waals surface area contributed by atoms with Crippen LogP contribution in [0.1, 0.15) is 18.1 Å². The molecule has 1 aliphatic heterocycles. The van der Waals surface area contributed by atoms with Gasteiger partial charge < -0.3 is 4.74 Å². The molecule has 6 nitrogen and oxygen atoms in total. The van der Waals surface area contributed by atoms with Gasteiger partial charge in [0.15, 0.2) is 5.17 Å². The average molecular weight is 393 g/mol. The molecule has 0 radical (unpaired) electrons. The lowest BCUT2D eigenvalue weighted by Crippen LogP contribution is -2.19. The number of nitrogens with one attached hydrogen (secondary N) is 1. The van der Waals surface area contributed by atoms with E-state index in [2.05, 4.69) is 51.4 Å². The summed E-state index contributed by atoms with van der Waals surface area (Å²) in [4.78, 5) is 23.2. The Morgan fingerprint density at radius 2 is 1.75 bits per heavy atom. The van der Waals surface area contributed by atoms with Crippen LogP contribution in [-0.2, 0) is 20.7 Å². The second kappa shape index (κ2) is 9.14. The second-order valence-corrected chi connectivity index (χ2v) is 6.94. The fourth-order valence-corrected chi connectivity index (χ4v) is 3.22. The summed E-state index contributed by atoms with van der Waals surface area (Å²) >= 11 is 1.04. The number of methoxy groups -OCH3 is 1. The van der Waals surface area contributed by atoms with Crippen LogP contribution in [0.2, 0.25) is 0 Å². The number of amidine groups is 1. The van der Waals surface area contributed by atoms with Crippen LogP contribution in [0.5, 0.6) is 0 Å². The van der Waals surface area contributed by atoms with Crippen LogP contribution >= 0.6 is 11.8 Å². The molecule has 142 valence electrons. The zero-order valence-corrected chi connectivity index (χ0v) is 16.3. The first kappa shape index (κ1) is 19.6. The van der Waals surface area contributed by atoms with Crippen molar-refractivity contribution in [3.63, 3.8) is 0 Å². The van der Waals surface area contributed by atoms with Crippen molar-refractivity contribution >= 4 is 35.0 Å². The SMILES string of the molecule is CCc1ccc(-c2ccc(C=N/N=C3/NC(=O)/C(=C\C(=O)OC)S3)cc2)cc1. The maximum Gasteiger partial charge on any atom is 0.331 e. The molecule has 1 aliphatic rings. The topological polar surface area (TPSA) is 80.1 Å². The number of aryl methyl sites for hydroxylation is 1. The molecule has 0 spiro atoms. The quantitative estimate of drug-likeness (QED) is 0.365. The smallest absolute Gasteiger partial charge is 0.331 e. The van der Waals surface area contributed by atoms with Crippen molar-refractivity contribution < 1.29 is 14.3 Å². The van der Waals surface area contributed by atoms with Gasteiger partial charge in [0.2, 0.25) is 0 Å². The van der Waals surface area contributed by atoms with E-state index in [0.29, 0.717) is 5.17 Å². The van der Waals surface area contributed by atoms with E-state index in [1.807, 2.05) is 24.3 Å². The number of carbonyl (C=O) groups is 2. The predicted molar refractivity (Wildman–Crippen MR) is 112 cm³/mol.